The van der Waals surface area contributed by atoms with Crippen LogP contribution >= 0.6 is 11.3 Å². The lowest BCUT2D eigenvalue weighted by Gasteiger charge is -2.19. The van der Waals surface area contributed by atoms with E-state index >= 15 is 0 Å². The Hall–Kier alpha value is -1.88. The molecule has 1 aromatic carbocycles. The van der Waals surface area contributed by atoms with Gasteiger partial charge in [-0.25, -0.2) is 9.78 Å². The van der Waals surface area contributed by atoms with Crippen molar-refractivity contribution in [1.82, 2.24) is 10.3 Å². The molecule has 2 aromatic rings. The highest BCUT2D eigenvalue weighted by Crippen LogP contribution is 2.32. The second kappa shape index (κ2) is 8.11. The number of alkyl carbamates (subject to hydrolysis) is 1. The summed E-state index contributed by atoms with van der Waals surface area (Å²) in [6.07, 6.45) is 6.06. The second-order valence-corrected chi connectivity index (χ2v) is 6.86. The molecule has 1 fully saturated rings. The number of amides is 1. The molecule has 122 valence electrons. The van der Waals surface area contributed by atoms with Crippen molar-refractivity contribution >= 4 is 17.4 Å². The zero-order chi connectivity index (χ0) is 15.9. The standard InChI is InChI=1S/C18H22N2O2S/c21-18(22-12-14-7-3-1-4-8-14)19-11-17-20-16(13-23-17)15-9-5-2-6-10-15/h1,3-4,7-8,13,15H,2,5-6,9-12H2,(H,19,21). The highest BCUT2D eigenvalue weighted by Gasteiger charge is 2.18. The lowest BCUT2D eigenvalue weighted by atomic mass is 9.87. The Morgan fingerprint density at radius 3 is 2.78 bits per heavy atom. The molecule has 1 heterocycles. The predicted molar refractivity (Wildman–Crippen MR) is 91.4 cm³/mol. The van der Waals surface area contributed by atoms with Crippen molar-refractivity contribution in [2.75, 3.05) is 0 Å². The molecule has 23 heavy (non-hydrogen) atoms. The van der Waals surface area contributed by atoms with Crippen LogP contribution in [0.5, 0.6) is 0 Å². The monoisotopic (exact) mass is 330 g/mol. The molecule has 1 saturated carbocycles. The van der Waals surface area contributed by atoms with Crippen LogP contribution in [0.2, 0.25) is 0 Å². The molecule has 0 radical (unpaired) electrons. The van der Waals surface area contributed by atoms with Gasteiger partial charge in [0, 0.05) is 11.3 Å². The van der Waals surface area contributed by atoms with E-state index in [-0.39, 0.29) is 6.61 Å². The fourth-order valence-electron chi connectivity index (χ4n) is 2.91. The van der Waals surface area contributed by atoms with Crippen LogP contribution in [-0.2, 0) is 17.9 Å². The van der Waals surface area contributed by atoms with E-state index in [9.17, 15) is 4.79 Å². The van der Waals surface area contributed by atoms with Crippen molar-refractivity contribution in [3.63, 3.8) is 0 Å². The summed E-state index contributed by atoms with van der Waals surface area (Å²) in [6, 6.07) is 9.67. The van der Waals surface area contributed by atoms with E-state index in [0.29, 0.717) is 12.5 Å². The molecule has 1 aliphatic rings. The summed E-state index contributed by atoms with van der Waals surface area (Å²) in [4.78, 5) is 16.4. The minimum Gasteiger partial charge on any atom is -0.445 e. The number of benzene rings is 1. The maximum Gasteiger partial charge on any atom is 0.407 e. The van der Waals surface area contributed by atoms with Crippen LogP contribution < -0.4 is 5.32 Å². The molecule has 0 unspecified atom stereocenters. The van der Waals surface area contributed by atoms with E-state index in [1.54, 1.807) is 11.3 Å². The first kappa shape index (κ1) is 16.0. The summed E-state index contributed by atoms with van der Waals surface area (Å²) in [5, 5.41) is 5.86. The molecule has 0 aliphatic heterocycles. The van der Waals surface area contributed by atoms with Crippen molar-refractivity contribution in [2.24, 2.45) is 0 Å². The third kappa shape index (κ3) is 4.79. The fourth-order valence-corrected chi connectivity index (χ4v) is 3.73. The van der Waals surface area contributed by atoms with Crippen LogP contribution in [0, 0.1) is 0 Å². The number of carbonyl (C=O) groups is 1. The number of carbonyl (C=O) groups excluding carboxylic acids is 1. The normalized spacial score (nSPS) is 15.3. The summed E-state index contributed by atoms with van der Waals surface area (Å²) >= 11 is 1.62. The predicted octanol–water partition coefficient (Wildman–Crippen LogP) is 4.62. The number of thiazole rings is 1. The molecular formula is C18H22N2O2S. The van der Waals surface area contributed by atoms with Crippen LogP contribution in [-0.4, -0.2) is 11.1 Å². The molecule has 1 aliphatic carbocycles. The van der Waals surface area contributed by atoms with Gasteiger partial charge in [0.25, 0.3) is 0 Å². The lowest BCUT2D eigenvalue weighted by Crippen LogP contribution is -2.23. The van der Waals surface area contributed by atoms with Gasteiger partial charge in [-0.05, 0) is 18.4 Å². The molecule has 4 nitrogen and oxygen atoms in total. The first-order valence-corrected chi connectivity index (χ1v) is 9.08. The number of aromatic nitrogens is 1. The zero-order valence-electron chi connectivity index (χ0n) is 13.2. The van der Waals surface area contributed by atoms with Gasteiger partial charge in [0.05, 0.1) is 12.2 Å². The number of nitrogens with zero attached hydrogens (tertiary/aromatic N) is 1. The summed E-state index contributed by atoms with van der Waals surface area (Å²) in [7, 11) is 0. The lowest BCUT2D eigenvalue weighted by molar-refractivity contribution is 0.139. The fraction of sp³-hybridized carbons (Fsp3) is 0.444. The Kier molecular flexibility index (Phi) is 5.64. The first-order valence-electron chi connectivity index (χ1n) is 8.20. The van der Waals surface area contributed by atoms with Crippen LogP contribution in [0.15, 0.2) is 35.7 Å². The van der Waals surface area contributed by atoms with Crippen molar-refractivity contribution in [1.29, 1.82) is 0 Å². The SMILES string of the molecule is O=C(NCc1nc(C2CCCCC2)cs1)OCc1ccccc1. The van der Waals surface area contributed by atoms with Gasteiger partial charge in [-0.15, -0.1) is 11.3 Å². The Morgan fingerprint density at radius 1 is 1.22 bits per heavy atom. The van der Waals surface area contributed by atoms with Crippen LogP contribution in [0.3, 0.4) is 0 Å². The van der Waals surface area contributed by atoms with Gasteiger partial charge in [0.2, 0.25) is 0 Å². The summed E-state index contributed by atoms with van der Waals surface area (Å²) in [5.41, 5.74) is 2.18. The molecular weight excluding hydrogens is 308 g/mol. The van der Waals surface area contributed by atoms with Crippen molar-refractivity contribution in [2.45, 2.75) is 51.2 Å². The molecule has 0 bridgehead atoms. The average Bonchev–Trinajstić information content (AvgIpc) is 3.09. The summed E-state index contributed by atoms with van der Waals surface area (Å²) in [6.45, 7) is 0.725. The Bertz CT molecular complexity index is 621. The highest BCUT2D eigenvalue weighted by molar-refractivity contribution is 7.09. The first-order chi connectivity index (χ1) is 11.3. The van der Waals surface area contributed by atoms with Gasteiger partial charge in [0.15, 0.2) is 0 Å². The van der Waals surface area contributed by atoms with Gasteiger partial charge in [-0.1, -0.05) is 49.6 Å². The van der Waals surface area contributed by atoms with E-state index in [1.807, 2.05) is 30.3 Å². The summed E-state index contributed by atoms with van der Waals surface area (Å²) < 4.78 is 5.20. The third-order valence-corrected chi connectivity index (χ3v) is 5.06. The minimum absolute atomic E-state index is 0.290. The van der Waals surface area contributed by atoms with E-state index in [4.69, 9.17) is 4.74 Å². The van der Waals surface area contributed by atoms with Crippen LogP contribution in [0.25, 0.3) is 0 Å². The van der Waals surface area contributed by atoms with E-state index in [1.165, 1.54) is 37.8 Å². The Balaban J connectivity index is 1.43. The number of hydrogen-bond donors (Lipinski definition) is 1. The quantitative estimate of drug-likeness (QED) is 0.870. The van der Waals surface area contributed by atoms with Crippen LogP contribution in [0.1, 0.15) is 54.3 Å². The number of nitrogens with one attached hydrogen (secondary N) is 1. The van der Waals surface area contributed by atoms with Crippen molar-refractivity contribution in [3.8, 4) is 0 Å². The van der Waals surface area contributed by atoms with Gasteiger partial charge in [0.1, 0.15) is 11.6 Å². The van der Waals surface area contributed by atoms with Gasteiger partial charge in [-0.3, -0.25) is 0 Å². The van der Waals surface area contributed by atoms with Crippen molar-refractivity contribution < 1.29 is 9.53 Å². The maximum atomic E-state index is 11.7. The molecule has 5 heteroatoms. The molecule has 1 aromatic heterocycles. The molecule has 3 rings (SSSR count). The van der Waals surface area contributed by atoms with Crippen molar-refractivity contribution in [3.05, 3.63) is 52.0 Å². The van der Waals surface area contributed by atoms with E-state index in [0.717, 1.165) is 10.6 Å². The Labute approximate surface area is 140 Å². The molecule has 1 N–H and O–H groups in total. The van der Waals surface area contributed by atoms with E-state index in [2.05, 4.69) is 15.7 Å². The second-order valence-electron chi connectivity index (χ2n) is 5.92. The molecule has 0 spiro atoms. The van der Waals surface area contributed by atoms with Gasteiger partial charge >= 0.3 is 6.09 Å². The number of rotatable bonds is 5. The highest BCUT2D eigenvalue weighted by atomic mass is 32.1. The minimum atomic E-state index is -0.400. The number of ether oxygens (including phenoxy) is 1. The third-order valence-electron chi connectivity index (χ3n) is 4.19. The van der Waals surface area contributed by atoms with Crippen LogP contribution in [0.4, 0.5) is 4.79 Å². The number of hydrogen-bond acceptors (Lipinski definition) is 4. The van der Waals surface area contributed by atoms with Gasteiger partial charge in [-0.2, -0.15) is 0 Å². The summed E-state index contributed by atoms with van der Waals surface area (Å²) in [5.74, 6) is 0.610. The Morgan fingerprint density at radius 2 is 2.00 bits per heavy atom. The molecule has 0 saturated heterocycles. The molecule has 1 amide bonds. The zero-order valence-corrected chi connectivity index (χ0v) is 14.0. The smallest absolute Gasteiger partial charge is 0.407 e. The van der Waals surface area contributed by atoms with Gasteiger partial charge < -0.3 is 10.1 Å². The maximum absolute atomic E-state index is 11.7. The molecule has 0 atom stereocenters. The van der Waals surface area contributed by atoms with E-state index < -0.39 is 6.09 Å². The average molecular weight is 330 g/mol. The largest absolute Gasteiger partial charge is 0.445 e. The topological polar surface area (TPSA) is 51.2 Å².